The van der Waals surface area contributed by atoms with Crippen molar-refractivity contribution in [3.8, 4) is 0 Å². The molecule has 6 nitrogen and oxygen atoms in total. The van der Waals surface area contributed by atoms with Gasteiger partial charge in [-0.1, -0.05) is 160 Å². The van der Waals surface area contributed by atoms with Crippen molar-refractivity contribution >= 4 is 11.9 Å². The van der Waals surface area contributed by atoms with Gasteiger partial charge in [0, 0.05) is 12.8 Å². The van der Waals surface area contributed by atoms with Gasteiger partial charge in [-0.05, 0) is 77.0 Å². The lowest BCUT2D eigenvalue weighted by atomic mass is 10.0. The molecule has 0 bridgehead atoms. The van der Waals surface area contributed by atoms with Crippen molar-refractivity contribution in [3.05, 3.63) is 24.3 Å². The minimum atomic E-state index is -0.683. The van der Waals surface area contributed by atoms with E-state index in [9.17, 15) is 19.8 Å². The lowest BCUT2D eigenvalue weighted by Gasteiger charge is -2.22. The zero-order valence-electron chi connectivity index (χ0n) is 33.8. The lowest BCUT2D eigenvalue weighted by molar-refractivity contribution is -0.143. The standard InChI is InChI=1S/C45H85NO5/c1-3-5-7-9-11-13-15-16-17-18-23-27-31-35-39-45(50)51-40-36-32-28-24-20-19-22-26-30-34-38-44(49)46-42(41-47)43(48)37-33-29-25-21-14-12-10-8-6-4-2/h15-16,20,24,42-43,47-48H,3-14,17-19,21-23,25-41H2,1-2H3,(H,46,49)/b16-15-,24-20-. The largest absolute Gasteiger partial charge is 0.466 e. The maximum absolute atomic E-state index is 12.4. The third-order valence-corrected chi connectivity index (χ3v) is 9.97. The summed E-state index contributed by atoms with van der Waals surface area (Å²) in [6.07, 6.45) is 45.6. The summed E-state index contributed by atoms with van der Waals surface area (Å²) in [6, 6.07) is -0.564. The van der Waals surface area contributed by atoms with E-state index < -0.39 is 12.1 Å². The summed E-state index contributed by atoms with van der Waals surface area (Å²) < 4.78 is 5.41. The van der Waals surface area contributed by atoms with Crippen LogP contribution in [0.3, 0.4) is 0 Å². The highest BCUT2D eigenvalue weighted by molar-refractivity contribution is 5.76. The van der Waals surface area contributed by atoms with Crippen molar-refractivity contribution in [1.29, 1.82) is 0 Å². The van der Waals surface area contributed by atoms with Gasteiger partial charge in [-0.25, -0.2) is 0 Å². The number of rotatable bonds is 40. The van der Waals surface area contributed by atoms with E-state index >= 15 is 0 Å². The van der Waals surface area contributed by atoms with Crippen LogP contribution in [0.15, 0.2) is 24.3 Å². The molecule has 0 spiro atoms. The molecule has 0 aromatic heterocycles. The molecule has 0 aliphatic heterocycles. The summed E-state index contributed by atoms with van der Waals surface area (Å²) in [6.45, 7) is 4.82. The predicted molar refractivity (Wildman–Crippen MR) is 218 cm³/mol. The van der Waals surface area contributed by atoms with Gasteiger partial charge in [0.25, 0.3) is 0 Å². The molecule has 0 aromatic rings. The average molecular weight is 720 g/mol. The van der Waals surface area contributed by atoms with Gasteiger partial charge in [0.1, 0.15) is 0 Å². The maximum atomic E-state index is 12.4. The summed E-state index contributed by atoms with van der Waals surface area (Å²) in [4.78, 5) is 24.3. The quantitative estimate of drug-likeness (QED) is 0.0333. The van der Waals surface area contributed by atoms with Crippen LogP contribution < -0.4 is 5.32 Å². The number of unbranched alkanes of at least 4 members (excludes halogenated alkanes) is 25. The molecule has 0 saturated heterocycles. The number of carbonyl (C=O) groups excluding carboxylic acids is 2. The van der Waals surface area contributed by atoms with Gasteiger partial charge in [0.15, 0.2) is 0 Å². The van der Waals surface area contributed by atoms with Crippen LogP contribution in [0.4, 0.5) is 0 Å². The summed E-state index contributed by atoms with van der Waals surface area (Å²) >= 11 is 0. The van der Waals surface area contributed by atoms with Gasteiger partial charge in [-0.3, -0.25) is 9.59 Å². The van der Waals surface area contributed by atoms with Crippen LogP contribution >= 0.6 is 0 Å². The highest BCUT2D eigenvalue weighted by Gasteiger charge is 2.20. The number of hydrogen-bond donors (Lipinski definition) is 3. The van der Waals surface area contributed by atoms with E-state index in [1.54, 1.807) is 0 Å². The first-order chi connectivity index (χ1) is 25.0. The second-order valence-electron chi connectivity index (χ2n) is 15.0. The van der Waals surface area contributed by atoms with Crippen molar-refractivity contribution < 1.29 is 24.5 Å². The van der Waals surface area contributed by atoms with E-state index in [0.717, 1.165) is 77.0 Å². The van der Waals surface area contributed by atoms with Crippen molar-refractivity contribution in [3.63, 3.8) is 0 Å². The average Bonchev–Trinajstić information content (AvgIpc) is 3.13. The Morgan fingerprint density at radius 1 is 0.529 bits per heavy atom. The predicted octanol–water partition coefficient (Wildman–Crippen LogP) is 12.4. The second kappa shape index (κ2) is 41.1. The van der Waals surface area contributed by atoms with Gasteiger partial charge in [0.05, 0.1) is 25.4 Å². The third-order valence-electron chi connectivity index (χ3n) is 9.97. The van der Waals surface area contributed by atoms with Crippen molar-refractivity contribution in [2.24, 2.45) is 0 Å². The fourth-order valence-electron chi connectivity index (χ4n) is 6.51. The molecule has 0 aliphatic carbocycles. The molecule has 6 heteroatoms. The maximum Gasteiger partial charge on any atom is 0.305 e. The van der Waals surface area contributed by atoms with Crippen LogP contribution in [0.5, 0.6) is 0 Å². The Morgan fingerprint density at radius 2 is 0.922 bits per heavy atom. The molecule has 0 radical (unpaired) electrons. The number of esters is 1. The van der Waals surface area contributed by atoms with E-state index in [-0.39, 0.29) is 18.5 Å². The molecule has 2 unspecified atom stereocenters. The van der Waals surface area contributed by atoms with Gasteiger partial charge in [0.2, 0.25) is 5.91 Å². The zero-order valence-corrected chi connectivity index (χ0v) is 33.8. The Morgan fingerprint density at radius 3 is 1.39 bits per heavy atom. The number of ether oxygens (including phenoxy) is 1. The van der Waals surface area contributed by atoms with Crippen LogP contribution in [0.2, 0.25) is 0 Å². The zero-order chi connectivity index (χ0) is 37.3. The van der Waals surface area contributed by atoms with E-state index in [4.69, 9.17) is 4.74 Å². The van der Waals surface area contributed by atoms with E-state index in [2.05, 4.69) is 43.5 Å². The van der Waals surface area contributed by atoms with Crippen LogP contribution in [0.25, 0.3) is 0 Å². The Hall–Kier alpha value is -1.66. The Bertz CT molecular complexity index is 797. The fraction of sp³-hybridized carbons (Fsp3) is 0.867. The van der Waals surface area contributed by atoms with Crippen molar-refractivity contribution in [2.75, 3.05) is 13.2 Å². The van der Waals surface area contributed by atoms with Crippen LogP contribution in [-0.2, 0) is 14.3 Å². The van der Waals surface area contributed by atoms with Crippen molar-refractivity contribution in [2.45, 2.75) is 238 Å². The fourth-order valence-corrected chi connectivity index (χ4v) is 6.51. The van der Waals surface area contributed by atoms with E-state index in [1.165, 1.54) is 116 Å². The molecule has 3 N–H and O–H groups in total. The highest BCUT2D eigenvalue weighted by atomic mass is 16.5. The molecule has 1 amide bonds. The molecule has 0 heterocycles. The summed E-state index contributed by atoms with van der Waals surface area (Å²) in [5, 5.41) is 23.0. The number of nitrogens with one attached hydrogen (secondary N) is 1. The molecule has 2 atom stereocenters. The van der Waals surface area contributed by atoms with Crippen LogP contribution in [0, 0.1) is 0 Å². The van der Waals surface area contributed by atoms with Crippen LogP contribution in [-0.4, -0.2) is 47.4 Å². The van der Waals surface area contributed by atoms with Gasteiger partial charge in [-0.15, -0.1) is 0 Å². The van der Waals surface area contributed by atoms with E-state index in [1.807, 2.05) is 0 Å². The van der Waals surface area contributed by atoms with Gasteiger partial charge in [-0.2, -0.15) is 0 Å². The molecular formula is C45H85NO5. The Balaban J connectivity index is 3.54. The Kier molecular flexibility index (Phi) is 39.8. The normalized spacial score (nSPS) is 12.9. The first kappa shape index (κ1) is 49.3. The number of amides is 1. The van der Waals surface area contributed by atoms with Gasteiger partial charge >= 0.3 is 5.97 Å². The molecule has 300 valence electrons. The number of aliphatic hydroxyl groups excluding tert-OH is 2. The number of hydrogen-bond acceptors (Lipinski definition) is 5. The number of carbonyl (C=O) groups is 2. The molecule has 0 fully saturated rings. The summed E-state index contributed by atoms with van der Waals surface area (Å²) in [7, 11) is 0. The third kappa shape index (κ3) is 37.9. The number of allylic oxidation sites excluding steroid dienone is 4. The topological polar surface area (TPSA) is 95.9 Å². The minimum Gasteiger partial charge on any atom is -0.466 e. The second-order valence-corrected chi connectivity index (χ2v) is 15.0. The highest BCUT2D eigenvalue weighted by Crippen LogP contribution is 2.14. The summed E-state index contributed by atoms with van der Waals surface area (Å²) in [5.41, 5.74) is 0. The lowest BCUT2D eigenvalue weighted by Crippen LogP contribution is -2.45. The summed E-state index contributed by atoms with van der Waals surface area (Å²) in [5.74, 6) is -0.120. The minimum absolute atomic E-state index is 0.0460. The van der Waals surface area contributed by atoms with Gasteiger partial charge < -0.3 is 20.3 Å². The SMILES string of the molecule is CCCCCCC/C=C\CCCCCCCC(=O)OCCCC/C=C\CCCCCCC(=O)NC(CO)C(O)CCCCCCCCCCCC. The smallest absolute Gasteiger partial charge is 0.305 e. The molecule has 0 aromatic carbocycles. The first-order valence-electron chi connectivity index (χ1n) is 22.1. The van der Waals surface area contributed by atoms with Crippen molar-refractivity contribution in [1.82, 2.24) is 5.32 Å². The monoisotopic (exact) mass is 720 g/mol. The first-order valence-corrected chi connectivity index (χ1v) is 22.1. The van der Waals surface area contributed by atoms with Crippen LogP contribution in [0.1, 0.15) is 226 Å². The van der Waals surface area contributed by atoms with E-state index in [0.29, 0.717) is 25.9 Å². The number of aliphatic hydroxyl groups is 2. The molecular weight excluding hydrogens is 634 g/mol. The molecule has 0 saturated carbocycles. The molecule has 0 aliphatic rings. The molecule has 51 heavy (non-hydrogen) atoms. The Labute approximate surface area is 316 Å². The molecule has 0 rings (SSSR count).